The lowest BCUT2D eigenvalue weighted by atomic mass is 10.1. The van der Waals surface area contributed by atoms with Gasteiger partial charge in [-0.15, -0.1) is 0 Å². The molecule has 74 heavy (non-hydrogen) atoms. The average molecular weight is 1020 g/mol. The zero-order chi connectivity index (χ0) is 53.6. The van der Waals surface area contributed by atoms with Crippen LogP contribution in [0.3, 0.4) is 0 Å². The highest BCUT2D eigenvalue weighted by molar-refractivity contribution is 5.71. The van der Waals surface area contributed by atoms with E-state index in [4.69, 9.17) is 14.2 Å². The largest absolute Gasteiger partial charge is 0.462 e. The predicted octanol–water partition coefficient (Wildman–Crippen LogP) is 20.6. The van der Waals surface area contributed by atoms with Crippen molar-refractivity contribution in [3.05, 3.63) is 134 Å². The van der Waals surface area contributed by atoms with Gasteiger partial charge in [-0.25, -0.2) is 0 Å². The number of carbonyl (C=O) groups is 3. The molecule has 1 unspecified atom stereocenters. The van der Waals surface area contributed by atoms with Crippen LogP contribution in [0, 0.1) is 0 Å². The quantitative estimate of drug-likeness (QED) is 0.0261. The molecular weight excluding hydrogens is 913 g/mol. The Morgan fingerprint density at radius 2 is 0.527 bits per heavy atom. The molecule has 0 bridgehead atoms. The van der Waals surface area contributed by atoms with Crippen LogP contribution in [0.1, 0.15) is 258 Å². The van der Waals surface area contributed by atoms with Gasteiger partial charge in [-0.05, 0) is 116 Å². The number of rotatable bonds is 53. The normalized spacial score (nSPS) is 13.1. The second kappa shape index (κ2) is 61.1. The molecule has 0 aromatic rings. The van der Waals surface area contributed by atoms with Crippen molar-refractivity contribution in [1.82, 2.24) is 0 Å². The molecule has 0 aliphatic heterocycles. The molecule has 1 atom stereocenters. The summed E-state index contributed by atoms with van der Waals surface area (Å²) in [5.41, 5.74) is 0. The summed E-state index contributed by atoms with van der Waals surface area (Å²) in [5, 5.41) is 0. The lowest BCUT2D eigenvalue weighted by Gasteiger charge is -2.18. The van der Waals surface area contributed by atoms with Gasteiger partial charge in [0.15, 0.2) is 6.10 Å². The highest BCUT2D eigenvalue weighted by atomic mass is 16.6. The molecule has 0 heterocycles. The van der Waals surface area contributed by atoms with Crippen molar-refractivity contribution in [2.45, 2.75) is 264 Å². The molecule has 0 spiro atoms. The third kappa shape index (κ3) is 58.4. The number of esters is 3. The second-order valence-corrected chi connectivity index (χ2v) is 19.5. The van der Waals surface area contributed by atoms with Gasteiger partial charge in [0.25, 0.3) is 0 Å². The highest BCUT2D eigenvalue weighted by Gasteiger charge is 2.19. The summed E-state index contributed by atoms with van der Waals surface area (Å²) in [7, 11) is 0. The van der Waals surface area contributed by atoms with Crippen LogP contribution in [0.4, 0.5) is 0 Å². The van der Waals surface area contributed by atoms with Gasteiger partial charge < -0.3 is 14.2 Å². The van der Waals surface area contributed by atoms with E-state index < -0.39 is 6.10 Å². The van der Waals surface area contributed by atoms with Crippen LogP contribution < -0.4 is 0 Å². The van der Waals surface area contributed by atoms with Crippen molar-refractivity contribution < 1.29 is 28.6 Å². The smallest absolute Gasteiger partial charge is 0.306 e. The van der Waals surface area contributed by atoms with Crippen molar-refractivity contribution in [3.8, 4) is 0 Å². The van der Waals surface area contributed by atoms with Crippen molar-refractivity contribution in [2.24, 2.45) is 0 Å². The second-order valence-electron chi connectivity index (χ2n) is 19.5. The maximum Gasteiger partial charge on any atom is 0.306 e. The van der Waals surface area contributed by atoms with Crippen LogP contribution >= 0.6 is 0 Å². The van der Waals surface area contributed by atoms with E-state index in [-0.39, 0.29) is 31.1 Å². The summed E-state index contributed by atoms with van der Waals surface area (Å²) in [5.74, 6) is -0.930. The van der Waals surface area contributed by atoms with Crippen LogP contribution in [0.5, 0.6) is 0 Å². The predicted molar refractivity (Wildman–Crippen MR) is 320 cm³/mol. The molecule has 0 amide bonds. The maximum absolute atomic E-state index is 12.9. The van der Waals surface area contributed by atoms with Crippen LogP contribution in [-0.4, -0.2) is 37.2 Å². The first-order chi connectivity index (χ1) is 36.5. The van der Waals surface area contributed by atoms with Crippen molar-refractivity contribution >= 4 is 17.9 Å². The summed E-state index contributed by atoms with van der Waals surface area (Å²) in [6, 6.07) is 0. The molecule has 0 aromatic carbocycles. The van der Waals surface area contributed by atoms with Crippen molar-refractivity contribution in [1.29, 1.82) is 0 Å². The number of ether oxygens (including phenoxy) is 3. The number of unbranched alkanes of at least 4 members (excludes halogenated alkanes) is 20. The van der Waals surface area contributed by atoms with E-state index in [1.54, 1.807) is 0 Å². The van der Waals surface area contributed by atoms with Gasteiger partial charge in [0.1, 0.15) is 13.2 Å². The number of allylic oxidation sites excluding steroid dienone is 22. The molecule has 0 N–H and O–H groups in total. The maximum atomic E-state index is 12.9. The van der Waals surface area contributed by atoms with E-state index in [0.29, 0.717) is 19.3 Å². The Morgan fingerprint density at radius 1 is 0.284 bits per heavy atom. The van der Waals surface area contributed by atoms with Crippen LogP contribution in [0.15, 0.2) is 134 Å². The first kappa shape index (κ1) is 69.5. The zero-order valence-electron chi connectivity index (χ0n) is 47.8. The number of carbonyl (C=O) groups excluding carboxylic acids is 3. The fourth-order valence-corrected chi connectivity index (χ4v) is 7.94. The monoisotopic (exact) mass is 1020 g/mol. The molecule has 0 aliphatic carbocycles. The summed E-state index contributed by atoms with van der Waals surface area (Å²) < 4.78 is 16.8. The molecule has 418 valence electrons. The van der Waals surface area contributed by atoms with Gasteiger partial charge >= 0.3 is 17.9 Å². The van der Waals surface area contributed by atoms with E-state index in [1.165, 1.54) is 57.8 Å². The van der Waals surface area contributed by atoms with E-state index in [9.17, 15) is 14.4 Å². The van der Waals surface area contributed by atoms with Crippen LogP contribution in [0.2, 0.25) is 0 Å². The summed E-state index contributed by atoms with van der Waals surface area (Å²) in [6.07, 6.45) is 85.9. The molecule has 0 aromatic heterocycles. The molecule has 0 saturated heterocycles. The van der Waals surface area contributed by atoms with Gasteiger partial charge in [-0.3, -0.25) is 14.4 Å². The van der Waals surface area contributed by atoms with Crippen molar-refractivity contribution in [3.63, 3.8) is 0 Å². The Hall–Kier alpha value is -4.45. The molecule has 6 heteroatoms. The third-order valence-corrected chi connectivity index (χ3v) is 12.4. The Kier molecular flexibility index (Phi) is 57.4. The van der Waals surface area contributed by atoms with E-state index in [1.807, 2.05) is 0 Å². The third-order valence-electron chi connectivity index (χ3n) is 12.4. The van der Waals surface area contributed by atoms with E-state index >= 15 is 0 Å². The zero-order valence-corrected chi connectivity index (χ0v) is 47.8. The van der Waals surface area contributed by atoms with Gasteiger partial charge in [0.05, 0.1) is 0 Å². The minimum absolute atomic E-state index is 0.0933. The molecule has 0 radical (unpaired) electrons. The first-order valence-electron chi connectivity index (χ1n) is 30.2. The Bertz CT molecular complexity index is 1600. The first-order valence-corrected chi connectivity index (χ1v) is 30.2. The summed E-state index contributed by atoms with van der Waals surface area (Å²) in [6.45, 7) is 6.37. The number of hydrogen-bond acceptors (Lipinski definition) is 6. The van der Waals surface area contributed by atoms with Gasteiger partial charge in [0, 0.05) is 19.3 Å². The average Bonchev–Trinajstić information content (AvgIpc) is 3.40. The van der Waals surface area contributed by atoms with Gasteiger partial charge in [-0.2, -0.15) is 0 Å². The SMILES string of the molecule is CC/C=C\C/C=C\C/C=C\C/C=C\C/C=C\C/C=C\CCCCCCCCC(=O)OCC(COC(=O)CCCCCCCCCCCC)OC(=O)CCCCCCC/C=C\C/C=C\C/C=C\C/C=C\C/C=C\CC. The molecule has 0 fully saturated rings. The summed E-state index contributed by atoms with van der Waals surface area (Å²) >= 11 is 0. The highest BCUT2D eigenvalue weighted by Crippen LogP contribution is 2.14. The summed E-state index contributed by atoms with van der Waals surface area (Å²) in [4.78, 5) is 38.2. The van der Waals surface area contributed by atoms with Crippen molar-refractivity contribution in [2.75, 3.05) is 13.2 Å². The lowest BCUT2D eigenvalue weighted by Crippen LogP contribution is -2.30. The van der Waals surface area contributed by atoms with Crippen LogP contribution in [-0.2, 0) is 28.6 Å². The molecular formula is C68H110O6. The molecule has 6 nitrogen and oxygen atoms in total. The van der Waals surface area contributed by atoms with E-state index in [0.717, 1.165) is 161 Å². The fraction of sp³-hybridized carbons (Fsp3) is 0.632. The van der Waals surface area contributed by atoms with Crippen LogP contribution in [0.25, 0.3) is 0 Å². The van der Waals surface area contributed by atoms with Gasteiger partial charge in [0.2, 0.25) is 0 Å². The number of hydrogen-bond donors (Lipinski definition) is 0. The van der Waals surface area contributed by atoms with Gasteiger partial charge in [-0.1, -0.05) is 257 Å². The topological polar surface area (TPSA) is 78.9 Å². The van der Waals surface area contributed by atoms with E-state index in [2.05, 4.69) is 154 Å². The standard InChI is InChI=1S/C68H110O6/c1-4-7-10-13-16-19-22-24-26-28-30-32-33-34-35-37-38-40-42-44-46-49-52-55-58-61-67(70)73-64-65(63-72-66(69)60-57-54-51-48-21-18-15-12-9-6-3)74-68(71)62-59-56-53-50-47-45-43-41-39-36-31-29-27-25-23-20-17-14-11-8-5-2/h7-8,10-11,16-17,19-20,24-27,30-32,34-36,38,40-41,43,65H,4-6,9,12-15,18,21-23,28-29,33,37,39,42,44-64H2,1-3H3/b10-7-,11-8-,19-16-,20-17-,26-24-,27-25-,32-30-,35-34-,36-31-,40-38-,43-41-. The molecule has 0 saturated carbocycles. The molecule has 0 aliphatic rings. The Labute approximate surface area is 455 Å². The minimum Gasteiger partial charge on any atom is -0.462 e. The lowest BCUT2D eigenvalue weighted by molar-refractivity contribution is -0.167. The molecule has 0 rings (SSSR count). The minimum atomic E-state index is -0.798. The fourth-order valence-electron chi connectivity index (χ4n) is 7.94. The Morgan fingerprint density at radius 3 is 0.824 bits per heavy atom. The Balaban J connectivity index is 4.38.